The fraction of sp³-hybridized carbons (Fsp3) is 0.800. The average molecular weight is 447 g/mol. The van der Waals surface area contributed by atoms with Crippen LogP contribution in [0.5, 0.6) is 0 Å². The molecule has 3 amide bonds. The molecule has 0 aromatic heterocycles. The third-order valence-electron chi connectivity index (χ3n) is 4.88. The number of carboxylic acids is 1. The number of hydrogen-bond acceptors (Lipinski definition) is 6. The minimum absolute atomic E-state index is 0.0355. The Kier molecular flexibility index (Phi) is 13.4. The molecule has 0 heterocycles. The van der Waals surface area contributed by atoms with Gasteiger partial charge in [0.2, 0.25) is 17.7 Å². The van der Waals surface area contributed by atoms with Crippen LogP contribution in [0.4, 0.5) is 0 Å². The van der Waals surface area contributed by atoms with Gasteiger partial charge in [0.25, 0.3) is 0 Å². The summed E-state index contributed by atoms with van der Waals surface area (Å²) in [5, 5.41) is 16.9. The van der Waals surface area contributed by atoms with Crippen LogP contribution < -0.4 is 21.7 Å². The predicted octanol–water partition coefficient (Wildman–Crippen LogP) is 0.718. The number of hydrogen-bond donors (Lipinski definition) is 5. The largest absolute Gasteiger partial charge is 0.480 e. The highest BCUT2D eigenvalue weighted by molar-refractivity contribution is 7.98. The van der Waals surface area contributed by atoms with Crippen molar-refractivity contribution < 1.29 is 24.3 Å². The van der Waals surface area contributed by atoms with Crippen LogP contribution in [0.1, 0.15) is 53.9 Å². The topological polar surface area (TPSA) is 151 Å². The normalized spacial score (nSPS) is 16.1. The molecule has 5 atom stereocenters. The summed E-state index contributed by atoms with van der Waals surface area (Å²) in [6.07, 6.45) is 3.24. The number of carbonyl (C=O) groups is 4. The van der Waals surface area contributed by atoms with Gasteiger partial charge in [-0.25, -0.2) is 4.79 Å². The van der Waals surface area contributed by atoms with Gasteiger partial charge in [0.1, 0.15) is 18.1 Å². The molecular formula is C20H38N4O5S. The summed E-state index contributed by atoms with van der Waals surface area (Å²) in [7, 11) is 0. The van der Waals surface area contributed by atoms with E-state index in [0.717, 1.165) is 6.42 Å². The van der Waals surface area contributed by atoms with E-state index in [1.807, 2.05) is 34.0 Å². The molecule has 0 saturated carbocycles. The highest BCUT2D eigenvalue weighted by Gasteiger charge is 2.29. The minimum Gasteiger partial charge on any atom is -0.480 e. The van der Waals surface area contributed by atoms with Gasteiger partial charge in [0, 0.05) is 0 Å². The Balaban J connectivity index is 5.06. The van der Waals surface area contributed by atoms with Gasteiger partial charge in [-0.15, -0.1) is 0 Å². The van der Waals surface area contributed by atoms with E-state index in [2.05, 4.69) is 16.0 Å². The van der Waals surface area contributed by atoms with Gasteiger partial charge in [-0.05, 0) is 43.6 Å². The van der Waals surface area contributed by atoms with Crippen molar-refractivity contribution in [3.8, 4) is 0 Å². The summed E-state index contributed by atoms with van der Waals surface area (Å²) >= 11 is 1.48. The predicted molar refractivity (Wildman–Crippen MR) is 119 cm³/mol. The van der Waals surface area contributed by atoms with Gasteiger partial charge in [0.15, 0.2) is 0 Å². The molecule has 0 aliphatic heterocycles. The van der Waals surface area contributed by atoms with Crippen LogP contribution in [0.25, 0.3) is 0 Å². The second-order valence-corrected chi connectivity index (χ2v) is 9.00. The van der Waals surface area contributed by atoms with E-state index in [0.29, 0.717) is 12.2 Å². The van der Waals surface area contributed by atoms with Crippen LogP contribution in [0, 0.1) is 11.8 Å². The molecule has 0 aromatic carbocycles. The van der Waals surface area contributed by atoms with Gasteiger partial charge in [0.05, 0.1) is 6.04 Å². The van der Waals surface area contributed by atoms with Crippen LogP contribution in [0.15, 0.2) is 0 Å². The fourth-order valence-corrected chi connectivity index (χ4v) is 3.12. The second kappa shape index (κ2) is 14.2. The number of carboxylic acid groups (broad SMARTS) is 1. The number of nitrogens with two attached hydrogens (primary N) is 1. The van der Waals surface area contributed by atoms with Gasteiger partial charge in [-0.3, -0.25) is 14.4 Å². The molecule has 0 fully saturated rings. The first kappa shape index (κ1) is 28.2. The zero-order valence-electron chi connectivity index (χ0n) is 18.9. The summed E-state index contributed by atoms with van der Waals surface area (Å²) in [5.74, 6) is -1.98. The molecular weight excluding hydrogens is 408 g/mol. The van der Waals surface area contributed by atoms with Crippen molar-refractivity contribution in [1.82, 2.24) is 16.0 Å². The van der Waals surface area contributed by atoms with E-state index in [1.54, 1.807) is 0 Å². The summed E-state index contributed by atoms with van der Waals surface area (Å²) in [5.41, 5.74) is 5.96. The molecule has 9 nitrogen and oxygen atoms in total. The lowest BCUT2D eigenvalue weighted by atomic mass is 9.97. The van der Waals surface area contributed by atoms with Crippen molar-refractivity contribution >= 4 is 35.5 Å². The molecule has 30 heavy (non-hydrogen) atoms. The Morgan fingerprint density at radius 3 is 1.97 bits per heavy atom. The third kappa shape index (κ3) is 10.3. The summed E-state index contributed by atoms with van der Waals surface area (Å²) in [6.45, 7) is 9.10. The van der Waals surface area contributed by atoms with E-state index in [9.17, 15) is 24.3 Å². The lowest BCUT2D eigenvalue weighted by Gasteiger charge is -2.25. The summed E-state index contributed by atoms with van der Waals surface area (Å²) in [4.78, 5) is 48.8. The van der Waals surface area contributed by atoms with Gasteiger partial charge in [-0.2, -0.15) is 11.8 Å². The molecule has 0 rings (SSSR count). The Morgan fingerprint density at radius 2 is 1.50 bits per heavy atom. The number of carbonyl (C=O) groups excluding carboxylic acids is 3. The van der Waals surface area contributed by atoms with E-state index in [4.69, 9.17) is 5.73 Å². The third-order valence-corrected chi connectivity index (χ3v) is 5.52. The molecule has 0 aliphatic rings. The standard InChI is InChI=1S/C20H38N4O5S/c1-7-12(4)16(21)19(27)24-15(10-11(2)3)18(26)22-13(5)17(25)23-14(20(28)29)8-9-30-6/h11-16H,7-10,21H2,1-6H3,(H,22,26)(H,23,25)(H,24,27)(H,28,29). The first-order valence-corrected chi connectivity index (χ1v) is 11.7. The van der Waals surface area contributed by atoms with Crippen LogP contribution in [0.2, 0.25) is 0 Å². The van der Waals surface area contributed by atoms with Crippen molar-refractivity contribution in [2.75, 3.05) is 12.0 Å². The number of thioether (sulfide) groups is 1. The Bertz CT molecular complexity index is 588. The van der Waals surface area contributed by atoms with Crippen molar-refractivity contribution in [1.29, 1.82) is 0 Å². The molecule has 10 heteroatoms. The van der Waals surface area contributed by atoms with Crippen LogP contribution in [0.3, 0.4) is 0 Å². The monoisotopic (exact) mass is 446 g/mol. The smallest absolute Gasteiger partial charge is 0.326 e. The highest BCUT2D eigenvalue weighted by atomic mass is 32.2. The molecule has 0 spiro atoms. The quantitative estimate of drug-likeness (QED) is 0.264. The van der Waals surface area contributed by atoms with Crippen LogP contribution in [-0.2, 0) is 19.2 Å². The minimum atomic E-state index is -1.13. The SMILES string of the molecule is CCC(C)C(N)C(=O)NC(CC(C)C)C(=O)NC(C)C(=O)NC(CCSC)C(=O)O. The average Bonchev–Trinajstić information content (AvgIpc) is 2.68. The molecule has 174 valence electrons. The van der Waals surface area contributed by atoms with Gasteiger partial charge >= 0.3 is 5.97 Å². The van der Waals surface area contributed by atoms with Crippen LogP contribution in [-0.4, -0.2) is 65.0 Å². The second-order valence-electron chi connectivity index (χ2n) is 8.01. The van der Waals surface area contributed by atoms with Gasteiger partial charge in [-0.1, -0.05) is 34.1 Å². The lowest BCUT2D eigenvalue weighted by Crippen LogP contribution is -2.57. The first-order chi connectivity index (χ1) is 13.9. The zero-order valence-corrected chi connectivity index (χ0v) is 19.7. The fourth-order valence-electron chi connectivity index (χ4n) is 2.65. The molecule has 6 N–H and O–H groups in total. The number of amides is 3. The molecule has 5 unspecified atom stereocenters. The van der Waals surface area contributed by atoms with Crippen molar-refractivity contribution in [2.24, 2.45) is 17.6 Å². The number of rotatable bonds is 14. The molecule has 0 aromatic rings. The number of aliphatic carboxylic acids is 1. The molecule has 0 bridgehead atoms. The Labute approximate surface area is 183 Å². The van der Waals surface area contributed by atoms with Crippen molar-refractivity contribution in [3.63, 3.8) is 0 Å². The van der Waals surface area contributed by atoms with Crippen molar-refractivity contribution in [3.05, 3.63) is 0 Å². The molecule has 0 radical (unpaired) electrons. The Morgan fingerprint density at radius 1 is 0.933 bits per heavy atom. The summed E-state index contributed by atoms with van der Waals surface area (Å²) in [6, 6.07) is -3.55. The maximum atomic E-state index is 12.7. The molecule has 0 saturated heterocycles. The molecule has 0 aliphatic carbocycles. The van der Waals surface area contributed by atoms with E-state index in [-0.39, 0.29) is 18.3 Å². The van der Waals surface area contributed by atoms with E-state index >= 15 is 0 Å². The highest BCUT2D eigenvalue weighted by Crippen LogP contribution is 2.09. The zero-order chi connectivity index (χ0) is 23.4. The lowest BCUT2D eigenvalue weighted by molar-refractivity contribution is -0.142. The van der Waals surface area contributed by atoms with Crippen molar-refractivity contribution in [2.45, 2.75) is 78.0 Å². The first-order valence-electron chi connectivity index (χ1n) is 10.3. The Hall–Kier alpha value is -1.81. The maximum absolute atomic E-state index is 12.7. The van der Waals surface area contributed by atoms with Crippen LogP contribution >= 0.6 is 11.8 Å². The number of nitrogens with one attached hydrogen (secondary N) is 3. The van der Waals surface area contributed by atoms with Gasteiger partial charge < -0.3 is 26.8 Å². The van der Waals surface area contributed by atoms with E-state index in [1.165, 1.54) is 18.7 Å². The maximum Gasteiger partial charge on any atom is 0.326 e. The van der Waals surface area contributed by atoms with E-state index < -0.39 is 47.9 Å². The summed E-state index contributed by atoms with van der Waals surface area (Å²) < 4.78 is 0.